The molecule has 1 atom stereocenters. The van der Waals surface area contributed by atoms with E-state index < -0.39 is 21.5 Å². The van der Waals surface area contributed by atoms with Gasteiger partial charge in [0, 0.05) is 39.5 Å². The van der Waals surface area contributed by atoms with Crippen molar-refractivity contribution in [2.75, 3.05) is 52.4 Å². The third kappa shape index (κ3) is 15.0. The highest BCUT2D eigenvalue weighted by Gasteiger charge is 2.22. The summed E-state index contributed by atoms with van der Waals surface area (Å²) in [7, 11) is 0.614. The molecule has 172 valence electrons. The molecular weight excluding hydrogens is 396 g/mol. The van der Waals surface area contributed by atoms with Crippen LogP contribution in [0.5, 0.6) is 0 Å². The predicted octanol–water partition coefficient (Wildman–Crippen LogP) is 1.49. The van der Waals surface area contributed by atoms with E-state index in [2.05, 4.69) is 29.5 Å². The standard InChI is InChI=1S/C19H40N4O5S/c1-15(2)16(22-18(24)28-19(3,4)5)9-11-23(7)17(20-6)21-10-12-27-13-14-29(8,25)26/h15-16H,9-14H2,1-8H3,(H,20,21)(H,22,24). The summed E-state index contributed by atoms with van der Waals surface area (Å²) in [4.78, 5) is 18.3. The summed E-state index contributed by atoms with van der Waals surface area (Å²) in [5.41, 5.74) is -0.530. The Labute approximate surface area is 176 Å². The molecule has 0 radical (unpaired) electrons. The summed E-state index contributed by atoms with van der Waals surface area (Å²) in [6, 6.07) is -0.0234. The first-order valence-corrected chi connectivity index (χ1v) is 12.0. The first-order chi connectivity index (χ1) is 13.2. The molecule has 2 N–H and O–H groups in total. The van der Waals surface area contributed by atoms with Gasteiger partial charge in [0.2, 0.25) is 0 Å². The fourth-order valence-corrected chi connectivity index (χ4v) is 2.82. The number of aliphatic imine (C=N–C) groups is 1. The first kappa shape index (κ1) is 27.5. The van der Waals surface area contributed by atoms with Crippen LogP contribution in [0.15, 0.2) is 4.99 Å². The van der Waals surface area contributed by atoms with Gasteiger partial charge in [0.05, 0.1) is 19.0 Å². The zero-order valence-electron chi connectivity index (χ0n) is 19.2. The molecule has 0 rings (SSSR count). The van der Waals surface area contributed by atoms with Gasteiger partial charge in [-0.25, -0.2) is 13.2 Å². The van der Waals surface area contributed by atoms with Gasteiger partial charge in [-0.05, 0) is 33.1 Å². The lowest BCUT2D eigenvalue weighted by Gasteiger charge is -2.28. The van der Waals surface area contributed by atoms with Gasteiger partial charge in [0.1, 0.15) is 15.4 Å². The number of hydrogen-bond acceptors (Lipinski definition) is 6. The molecule has 0 fully saturated rings. The second-order valence-corrected chi connectivity index (χ2v) is 10.7. The van der Waals surface area contributed by atoms with E-state index in [1.807, 2.05) is 32.7 Å². The second kappa shape index (κ2) is 12.9. The summed E-state index contributed by atoms with van der Waals surface area (Å²) < 4.78 is 32.8. The summed E-state index contributed by atoms with van der Waals surface area (Å²) in [5.74, 6) is 0.980. The van der Waals surface area contributed by atoms with E-state index in [-0.39, 0.29) is 24.3 Å². The SMILES string of the molecule is CN=C(NCCOCCS(C)(=O)=O)N(C)CCC(NC(=O)OC(C)(C)C)C(C)C. The topological polar surface area (TPSA) is 109 Å². The third-order valence-electron chi connectivity index (χ3n) is 3.98. The van der Waals surface area contributed by atoms with E-state index in [1.54, 1.807) is 7.05 Å². The number of ether oxygens (including phenoxy) is 2. The fraction of sp³-hybridized carbons (Fsp3) is 0.895. The number of carbonyl (C=O) groups excluding carboxylic acids is 1. The summed E-state index contributed by atoms with van der Waals surface area (Å²) in [6.45, 7) is 11.4. The van der Waals surface area contributed by atoms with Crippen LogP contribution in [-0.4, -0.2) is 89.4 Å². The summed E-state index contributed by atoms with van der Waals surface area (Å²) in [5, 5.41) is 6.13. The summed E-state index contributed by atoms with van der Waals surface area (Å²) in [6.07, 6.45) is 1.51. The van der Waals surface area contributed by atoms with Gasteiger partial charge in [-0.15, -0.1) is 0 Å². The van der Waals surface area contributed by atoms with E-state index in [0.717, 1.165) is 6.42 Å². The zero-order chi connectivity index (χ0) is 22.7. The van der Waals surface area contributed by atoms with Gasteiger partial charge in [-0.2, -0.15) is 0 Å². The van der Waals surface area contributed by atoms with Crippen molar-refractivity contribution in [1.82, 2.24) is 15.5 Å². The maximum Gasteiger partial charge on any atom is 0.407 e. The van der Waals surface area contributed by atoms with E-state index in [9.17, 15) is 13.2 Å². The Hall–Kier alpha value is -1.55. The van der Waals surface area contributed by atoms with Crippen molar-refractivity contribution in [3.8, 4) is 0 Å². The van der Waals surface area contributed by atoms with Crippen LogP contribution in [0.3, 0.4) is 0 Å². The highest BCUT2D eigenvalue weighted by Crippen LogP contribution is 2.11. The molecule has 10 heteroatoms. The van der Waals surface area contributed by atoms with Crippen molar-refractivity contribution < 1.29 is 22.7 Å². The molecule has 1 unspecified atom stereocenters. The number of amides is 1. The van der Waals surface area contributed by atoms with Crippen molar-refractivity contribution in [3.63, 3.8) is 0 Å². The van der Waals surface area contributed by atoms with Gasteiger partial charge in [0.25, 0.3) is 0 Å². The lowest BCUT2D eigenvalue weighted by molar-refractivity contribution is 0.0485. The van der Waals surface area contributed by atoms with Crippen LogP contribution >= 0.6 is 0 Å². The molecule has 0 bridgehead atoms. The van der Waals surface area contributed by atoms with E-state index in [4.69, 9.17) is 9.47 Å². The van der Waals surface area contributed by atoms with Crippen molar-refractivity contribution in [1.29, 1.82) is 0 Å². The first-order valence-electron chi connectivity index (χ1n) is 9.92. The Kier molecular flexibility index (Phi) is 12.2. The number of carbonyl (C=O) groups is 1. The van der Waals surface area contributed by atoms with Gasteiger partial charge >= 0.3 is 6.09 Å². The van der Waals surface area contributed by atoms with Gasteiger partial charge in [0.15, 0.2) is 5.96 Å². The molecule has 9 nitrogen and oxygen atoms in total. The van der Waals surface area contributed by atoms with Crippen LogP contribution in [0.4, 0.5) is 4.79 Å². The lowest BCUT2D eigenvalue weighted by atomic mass is 10.0. The molecule has 29 heavy (non-hydrogen) atoms. The quantitative estimate of drug-likeness (QED) is 0.287. The van der Waals surface area contributed by atoms with E-state index in [1.165, 1.54) is 6.26 Å². The van der Waals surface area contributed by atoms with Crippen molar-refractivity contribution in [2.45, 2.75) is 52.7 Å². The fourth-order valence-electron chi connectivity index (χ4n) is 2.40. The van der Waals surface area contributed by atoms with Crippen molar-refractivity contribution in [2.24, 2.45) is 10.9 Å². The minimum absolute atomic E-state index is 0.0167. The number of nitrogens with one attached hydrogen (secondary N) is 2. The predicted molar refractivity (Wildman–Crippen MR) is 117 cm³/mol. The van der Waals surface area contributed by atoms with Crippen LogP contribution in [0.25, 0.3) is 0 Å². The maximum atomic E-state index is 12.1. The Balaban J connectivity index is 4.39. The number of rotatable bonds is 11. The van der Waals surface area contributed by atoms with Crippen LogP contribution in [0.2, 0.25) is 0 Å². The molecule has 0 aromatic heterocycles. The normalized spacial score (nSPS) is 13.9. The zero-order valence-corrected chi connectivity index (χ0v) is 20.1. The number of guanidine groups is 1. The summed E-state index contributed by atoms with van der Waals surface area (Å²) >= 11 is 0. The number of hydrogen-bond donors (Lipinski definition) is 2. The largest absolute Gasteiger partial charge is 0.444 e. The minimum atomic E-state index is -3.00. The van der Waals surface area contributed by atoms with Gasteiger partial charge in [-0.1, -0.05) is 13.8 Å². The molecule has 0 aromatic rings. The molecule has 0 aromatic carbocycles. The second-order valence-electron chi connectivity index (χ2n) is 8.42. The molecule has 0 heterocycles. The minimum Gasteiger partial charge on any atom is -0.444 e. The van der Waals surface area contributed by atoms with Gasteiger partial charge < -0.3 is 25.0 Å². The van der Waals surface area contributed by atoms with Crippen LogP contribution < -0.4 is 10.6 Å². The van der Waals surface area contributed by atoms with E-state index >= 15 is 0 Å². The maximum absolute atomic E-state index is 12.1. The molecule has 0 saturated carbocycles. The molecule has 1 amide bonds. The highest BCUT2D eigenvalue weighted by molar-refractivity contribution is 7.90. The number of alkyl carbamates (subject to hydrolysis) is 1. The Morgan fingerprint density at radius 2 is 1.83 bits per heavy atom. The average Bonchev–Trinajstić information content (AvgIpc) is 2.54. The highest BCUT2D eigenvalue weighted by atomic mass is 32.2. The number of nitrogens with zero attached hydrogens (tertiary/aromatic N) is 2. The Morgan fingerprint density at radius 1 is 1.21 bits per heavy atom. The molecule has 0 aliphatic rings. The molecular formula is C19H40N4O5S. The lowest BCUT2D eigenvalue weighted by Crippen LogP contribution is -2.45. The molecule has 0 aliphatic carbocycles. The monoisotopic (exact) mass is 436 g/mol. The Bertz CT molecular complexity index is 615. The van der Waals surface area contributed by atoms with Crippen LogP contribution in [0.1, 0.15) is 41.0 Å². The smallest absolute Gasteiger partial charge is 0.407 e. The van der Waals surface area contributed by atoms with Crippen LogP contribution in [0, 0.1) is 5.92 Å². The molecule has 0 saturated heterocycles. The van der Waals surface area contributed by atoms with Gasteiger partial charge in [-0.3, -0.25) is 4.99 Å². The Morgan fingerprint density at radius 3 is 2.31 bits per heavy atom. The van der Waals surface area contributed by atoms with Crippen molar-refractivity contribution in [3.05, 3.63) is 0 Å². The third-order valence-corrected chi connectivity index (χ3v) is 4.89. The molecule has 0 spiro atoms. The average molecular weight is 437 g/mol. The van der Waals surface area contributed by atoms with Crippen molar-refractivity contribution >= 4 is 21.9 Å². The molecule has 0 aliphatic heterocycles. The number of sulfone groups is 1. The van der Waals surface area contributed by atoms with Crippen LogP contribution in [-0.2, 0) is 19.3 Å². The van der Waals surface area contributed by atoms with E-state index in [0.29, 0.717) is 25.7 Å².